The molecule has 2 atom stereocenters. The molecular weight excluding hydrogens is 486 g/mol. The molecule has 172 valence electrons. The Hall–Kier alpha value is -2.72. The third kappa shape index (κ3) is 4.67. The van der Waals surface area contributed by atoms with Crippen LogP contribution in [-0.2, 0) is 26.0 Å². The Morgan fingerprint density at radius 3 is 2.52 bits per heavy atom. The molecule has 1 aliphatic rings. The summed E-state index contributed by atoms with van der Waals surface area (Å²) >= 11 is 6.96. The highest BCUT2D eigenvalue weighted by Crippen LogP contribution is 2.47. The number of sulfonamides is 1. The molecule has 1 aromatic heterocycles. The number of carboxylic acids is 1. The number of aliphatic carboxylic acids is 1. The van der Waals surface area contributed by atoms with E-state index in [0.29, 0.717) is 16.1 Å². The smallest absolute Gasteiger partial charge is 0.338 e. The van der Waals surface area contributed by atoms with Crippen LogP contribution in [0.1, 0.15) is 22.3 Å². The monoisotopic (exact) mass is 505 g/mol. The molecule has 2 N–H and O–H groups in total. The van der Waals surface area contributed by atoms with Gasteiger partial charge in [0, 0.05) is 9.90 Å². The maximum atomic E-state index is 13.1. The number of halogens is 1. The van der Waals surface area contributed by atoms with Gasteiger partial charge in [-0.25, -0.2) is 13.2 Å². The average Bonchev–Trinajstić information content (AvgIpc) is 3.22. The maximum Gasteiger partial charge on any atom is 0.338 e. The van der Waals surface area contributed by atoms with Crippen LogP contribution < -0.4 is 4.72 Å². The van der Waals surface area contributed by atoms with Gasteiger partial charge in [-0.15, -0.1) is 11.3 Å². The summed E-state index contributed by atoms with van der Waals surface area (Å²) in [6.45, 7) is 0. The molecule has 0 spiro atoms. The summed E-state index contributed by atoms with van der Waals surface area (Å²) in [7, 11) is -2.81. The quantitative estimate of drug-likeness (QED) is 0.443. The zero-order valence-corrected chi connectivity index (χ0v) is 19.8. The summed E-state index contributed by atoms with van der Waals surface area (Å²) in [6.07, 6.45) is 0.340. The third-order valence-electron chi connectivity index (χ3n) is 5.67. The summed E-state index contributed by atoms with van der Waals surface area (Å²) in [5.41, 5.74) is 0.118. The molecule has 33 heavy (non-hydrogen) atoms. The van der Waals surface area contributed by atoms with Crippen molar-refractivity contribution in [3.05, 3.63) is 76.8 Å². The molecule has 1 heterocycles. The molecule has 10 heteroatoms. The van der Waals surface area contributed by atoms with Gasteiger partial charge in [0.05, 0.1) is 12.7 Å². The van der Waals surface area contributed by atoms with Crippen LogP contribution in [0.25, 0.3) is 10.4 Å². The summed E-state index contributed by atoms with van der Waals surface area (Å²) in [6, 6.07) is 16.9. The molecule has 4 rings (SSSR count). The Bertz CT molecular complexity index is 1320. The number of carbonyl (C=O) groups is 2. The second kappa shape index (κ2) is 8.90. The maximum absolute atomic E-state index is 13.1. The predicted octanol–water partition coefficient (Wildman–Crippen LogP) is 4.22. The number of thiophene rings is 1. The van der Waals surface area contributed by atoms with Gasteiger partial charge < -0.3 is 9.84 Å². The van der Waals surface area contributed by atoms with Crippen LogP contribution in [-0.4, -0.2) is 38.1 Å². The van der Waals surface area contributed by atoms with Crippen molar-refractivity contribution in [3.63, 3.8) is 0 Å². The second-order valence-corrected chi connectivity index (χ2v) is 11.2. The Balaban J connectivity index is 1.55. The van der Waals surface area contributed by atoms with Crippen LogP contribution in [0.2, 0.25) is 5.02 Å². The van der Waals surface area contributed by atoms with E-state index >= 15 is 0 Å². The topological polar surface area (TPSA) is 110 Å². The molecule has 1 saturated carbocycles. The standard InChI is InChI=1S/C23H20ClNO6S2/c1-31-21(26)18-5-3-2-4-15(18)12-16-13-23(16,22(27)28)25-33(29,30)20-11-10-19(32-20)14-6-8-17(24)9-7-14/h2-11,16,25H,12-13H2,1H3,(H,27,28). The zero-order valence-electron chi connectivity index (χ0n) is 17.4. The molecule has 0 aliphatic heterocycles. The fraction of sp³-hybridized carbons (Fsp3) is 0.217. The number of benzene rings is 2. The molecule has 0 bridgehead atoms. The van der Waals surface area contributed by atoms with Gasteiger partial charge in [0.15, 0.2) is 0 Å². The van der Waals surface area contributed by atoms with Crippen molar-refractivity contribution < 1.29 is 27.9 Å². The van der Waals surface area contributed by atoms with Crippen molar-refractivity contribution in [1.82, 2.24) is 4.72 Å². The Morgan fingerprint density at radius 2 is 1.85 bits per heavy atom. The van der Waals surface area contributed by atoms with E-state index in [2.05, 4.69) is 4.72 Å². The van der Waals surface area contributed by atoms with Crippen LogP contribution >= 0.6 is 22.9 Å². The highest BCUT2D eigenvalue weighted by atomic mass is 35.5. The van der Waals surface area contributed by atoms with Crippen molar-refractivity contribution in [2.45, 2.75) is 22.6 Å². The number of rotatable bonds is 8. The van der Waals surface area contributed by atoms with Gasteiger partial charge in [0.25, 0.3) is 10.0 Å². The van der Waals surface area contributed by atoms with Gasteiger partial charge in [-0.05, 0) is 60.2 Å². The van der Waals surface area contributed by atoms with Gasteiger partial charge in [-0.3, -0.25) is 4.79 Å². The molecule has 1 aliphatic carbocycles. The molecular formula is C23H20ClNO6S2. The minimum atomic E-state index is -4.08. The summed E-state index contributed by atoms with van der Waals surface area (Å²) < 4.78 is 33.3. The predicted molar refractivity (Wildman–Crippen MR) is 125 cm³/mol. The van der Waals surface area contributed by atoms with E-state index < -0.39 is 33.4 Å². The van der Waals surface area contributed by atoms with Crippen LogP contribution in [0.5, 0.6) is 0 Å². The van der Waals surface area contributed by atoms with Crippen LogP contribution in [0.3, 0.4) is 0 Å². The summed E-state index contributed by atoms with van der Waals surface area (Å²) in [5.74, 6) is -2.28. The SMILES string of the molecule is COC(=O)c1ccccc1CC1CC1(NS(=O)(=O)c1ccc(-c2ccc(Cl)cc2)s1)C(=O)O. The molecule has 2 unspecified atom stereocenters. The lowest BCUT2D eigenvalue weighted by atomic mass is 10.0. The number of methoxy groups -OCH3 is 1. The minimum Gasteiger partial charge on any atom is -0.480 e. The van der Waals surface area contributed by atoms with Crippen LogP contribution in [0, 0.1) is 5.92 Å². The molecule has 0 saturated heterocycles. The van der Waals surface area contributed by atoms with Crippen molar-refractivity contribution in [2.75, 3.05) is 7.11 Å². The lowest BCUT2D eigenvalue weighted by Crippen LogP contribution is -2.44. The molecule has 7 nitrogen and oxygen atoms in total. The summed E-state index contributed by atoms with van der Waals surface area (Å²) in [5, 5.41) is 10.4. The normalized spacial score (nSPS) is 19.8. The van der Waals surface area contributed by atoms with E-state index in [1.165, 1.54) is 13.2 Å². The Morgan fingerprint density at radius 1 is 1.15 bits per heavy atom. The molecule has 1 fully saturated rings. The van der Waals surface area contributed by atoms with E-state index in [0.717, 1.165) is 21.8 Å². The van der Waals surface area contributed by atoms with E-state index in [1.807, 2.05) is 0 Å². The highest BCUT2D eigenvalue weighted by molar-refractivity contribution is 7.91. The minimum absolute atomic E-state index is 0.0219. The average molecular weight is 506 g/mol. The van der Waals surface area contributed by atoms with Crippen LogP contribution in [0.15, 0.2) is 64.9 Å². The second-order valence-electron chi connectivity index (χ2n) is 7.76. The van der Waals surface area contributed by atoms with E-state index in [4.69, 9.17) is 16.3 Å². The van der Waals surface area contributed by atoms with Crippen molar-refractivity contribution in [3.8, 4) is 10.4 Å². The van der Waals surface area contributed by atoms with Gasteiger partial charge >= 0.3 is 11.9 Å². The highest BCUT2D eigenvalue weighted by Gasteiger charge is 2.62. The zero-order chi connectivity index (χ0) is 23.8. The van der Waals surface area contributed by atoms with E-state index in [-0.39, 0.29) is 17.1 Å². The Labute approximate surface area is 200 Å². The molecule has 2 aromatic carbocycles. The molecule has 3 aromatic rings. The van der Waals surface area contributed by atoms with Crippen molar-refractivity contribution in [2.24, 2.45) is 5.92 Å². The lowest BCUT2D eigenvalue weighted by Gasteiger charge is -2.15. The third-order valence-corrected chi connectivity index (χ3v) is 9.06. The first kappa shape index (κ1) is 23.4. The Kier molecular flexibility index (Phi) is 6.32. The number of hydrogen-bond donors (Lipinski definition) is 2. The van der Waals surface area contributed by atoms with Gasteiger partial charge in [-0.2, -0.15) is 4.72 Å². The fourth-order valence-corrected chi connectivity index (χ4v) is 6.67. The van der Waals surface area contributed by atoms with Crippen LogP contribution in [0.4, 0.5) is 0 Å². The first-order valence-electron chi connectivity index (χ1n) is 9.95. The van der Waals surface area contributed by atoms with Crippen molar-refractivity contribution >= 4 is 44.9 Å². The van der Waals surface area contributed by atoms with E-state index in [1.54, 1.807) is 54.6 Å². The molecule has 0 radical (unpaired) electrons. The summed E-state index contributed by atoms with van der Waals surface area (Å²) in [4.78, 5) is 24.8. The van der Waals surface area contributed by atoms with E-state index in [9.17, 15) is 23.1 Å². The van der Waals surface area contributed by atoms with Gasteiger partial charge in [0.2, 0.25) is 0 Å². The number of carboxylic acid groups (broad SMARTS) is 1. The number of carbonyl (C=O) groups excluding carboxylic acids is 1. The van der Waals surface area contributed by atoms with Crippen molar-refractivity contribution in [1.29, 1.82) is 0 Å². The fourth-order valence-electron chi connectivity index (χ4n) is 3.80. The first-order valence-corrected chi connectivity index (χ1v) is 12.6. The largest absolute Gasteiger partial charge is 0.480 e. The van der Waals surface area contributed by atoms with Gasteiger partial charge in [-0.1, -0.05) is 41.9 Å². The number of ether oxygens (including phenoxy) is 1. The number of hydrogen-bond acceptors (Lipinski definition) is 6. The first-order chi connectivity index (χ1) is 15.7. The van der Waals surface area contributed by atoms with Gasteiger partial charge in [0.1, 0.15) is 9.75 Å². The lowest BCUT2D eigenvalue weighted by molar-refractivity contribution is -0.140. The number of nitrogens with one attached hydrogen (secondary N) is 1. The number of esters is 1. The molecule has 0 amide bonds.